The van der Waals surface area contributed by atoms with Gasteiger partial charge in [-0.3, -0.25) is 4.79 Å². The number of hydrogen-bond donors (Lipinski definition) is 0. The monoisotopic (exact) mass is 188 g/mol. The first-order valence-corrected chi connectivity index (χ1v) is 5.03. The van der Waals surface area contributed by atoms with Gasteiger partial charge in [0, 0.05) is 0 Å². The molecule has 1 atom stereocenters. The van der Waals surface area contributed by atoms with Gasteiger partial charge in [0.25, 0.3) is 0 Å². The van der Waals surface area contributed by atoms with Crippen molar-refractivity contribution in [3.63, 3.8) is 0 Å². The molecule has 0 bridgehead atoms. The largest absolute Gasteiger partial charge is 0.280 e. The van der Waals surface area contributed by atoms with E-state index in [-0.39, 0.29) is 5.78 Å². The minimum absolute atomic E-state index is 0.0845. The van der Waals surface area contributed by atoms with E-state index in [0.29, 0.717) is 5.92 Å². The Kier molecular flexibility index (Phi) is 4.19. The molecule has 1 unspecified atom stereocenters. The maximum absolute atomic E-state index is 11.1. The summed E-state index contributed by atoms with van der Waals surface area (Å²) in [6, 6.07) is 0. The molecule has 0 fully saturated rings. The predicted octanol–water partition coefficient (Wildman–Crippen LogP) is 2.88. The Balaban J connectivity index is 2.45. The van der Waals surface area contributed by atoms with Gasteiger partial charge in [0.1, 0.15) is 0 Å². The fourth-order valence-corrected chi connectivity index (χ4v) is 1.55. The quantitative estimate of drug-likeness (QED) is 0.282. The molecule has 1 heteroatoms. The lowest BCUT2D eigenvalue weighted by Crippen LogP contribution is -2.02. The zero-order valence-corrected chi connectivity index (χ0v) is 8.84. The lowest BCUT2D eigenvalue weighted by Gasteiger charge is -2.16. The molecule has 0 aromatic rings. The van der Waals surface area contributed by atoms with Gasteiger partial charge in [0.05, 0.1) is 0 Å². The highest BCUT2D eigenvalue weighted by atomic mass is 16.1. The summed E-state index contributed by atoms with van der Waals surface area (Å²) in [5.41, 5.74) is 1.47. The van der Waals surface area contributed by atoms with Gasteiger partial charge in [-0.1, -0.05) is 23.6 Å². The Bertz CT molecular complexity index is 323. The predicted molar refractivity (Wildman–Crippen MR) is 58.7 cm³/mol. The summed E-state index contributed by atoms with van der Waals surface area (Å²) in [4.78, 5) is 11.1. The van der Waals surface area contributed by atoms with E-state index >= 15 is 0 Å². The van der Waals surface area contributed by atoms with Crippen molar-refractivity contribution >= 4 is 5.78 Å². The fourth-order valence-electron chi connectivity index (χ4n) is 1.55. The fraction of sp³-hybridized carbons (Fsp3) is 0.462. The molecular formula is C13H16O. The van der Waals surface area contributed by atoms with Gasteiger partial charge in [-0.25, -0.2) is 0 Å². The highest BCUT2D eigenvalue weighted by molar-refractivity contribution is 6.04. The van der Waals surface area contributed by atoms with Crippen molar-refractivity contribution in [2.24, 2.45) is 5.92 Å². The third-order valence-corrected chi connectivity index (χ3v) is 2.45. The maximum Gasteiger partial charge on any atom is 0.228 e. The topological polar surface area (TPSA) is 17.1 Å². The zero-order valence-electron chi connectivity index (χ0n) is 8.84. The van der Waals surface area contributed by atoms with Gasteiger partial charge >= 0.3 is 0 Å². The molecule has 74 valence electrons. The van der Waals surface area contributed by atoms with Crippen molar-refractivity contribution in [3.05, 3.63) is 23.8 Å². The highest BCUT2D eigenvalue weighted by Crippen LogP contribution is 2.23. The van der Waals surface area contributed by atoms with E-state index in [4.69, 9.17) is 0 Å². The van der Waals surface area contributed by atoms with Crippen molar-refractivity contribution in [1.82, 2.24) is 0 Å². The molecule has 14 heavy (non-hydrogen) atoms. The second kappa shape index (κ2) is 5.44. The first kappa shape index (κ1) is 10.8. The summed E-state index contributed by atoms with van der Waals surface area (Å²) in [5, 5.41) is 0. The molecule has 1 aliphatic rings. The molecule has 0 saturated heterocycles. The highest BCUT2D eigenvalue weighted by Gasteiger charge is 2.08. The summed E-state index contributed by atoms with van der Waals surface area (Å²) < 4.78 is 0. The molecule has 0 amide bonds. The van der Waals surface area contributed by atoms with Crippen LogP contribution in [0.25, 0.3) is 0 Å². The SMILES string of the molecule is CC#CC(=O)/C=C\C1CC=C(C)CC1. The van der Waals surface area contributed by atoms with Gasteiger partial charge in [0.15, 0.2) is 0 Å². The number of ketones is 1. The first-order valence-electron chi connectivity index (χ1n) is 5.03. The van der Waals surface area contributed by atoms with E-state index < -0.39 is 0 Å². The molecule has 0 aromatic heterocycles. The summed E-state index contributed by atoms with van der Waals surface area (Å²) in [6.07, 6.45) is 9.24. The van der Waals surface area contributed by atoms with Crippen LogP contribution >= 0.6 is 0 Å². The minimum atomic E-state index is -0.0845. The lowest BCUT2D eigenvalue weighted by atomic mass is 9.90. The van der Waals surface area contributed by atoms with E-state index in [9.17, 15) is 4.79 Å². The van der Waals surface area contributed by atoms with Crippen molar-refractivity contribution in [2.75, 3.05) is 0 Å². The Hall–Kier alpha value is -1.29. The smallest absolute Gasteiger partial charge is 0.228 e. The van der Waals surface area contributed by atoms with Gasteiger partial charge < -0.3 is 0 Å². The average molecular weight is 188 g/mol. The van der Waals surface area contributed by atoms with Crippen molar-refractivity contribution in [1.29, 1.82) is 0 Å². The van der Waals surface area contributed by atoms with Gasteiger partial charge in [-0.05, 0) is 51.0 Å². The van der Waals surface area contributed by atoms with Crippen LogP contribution in [0.2, 0.25) is 0 Å². The second-order valence-corrected chi connectivity index (χ2v) is 3.68. The van der Waals surface area contributed by atoms with E-state index in [2.05, 4.69) is 24.8 Å². The number of rotatable bonds is 2. The van der Waals surface area contributed by atoms with Crippen LogP contribution in [0.5, 0.6) is 0 Å². The minimum Gasteiger partial charge on any atom is -0.280 e. The molecule has 1 aliphatic carbocycles. The van der Waals surface area contributed by atoms with Crippen LogP contribution in [0.1, 0.15) is 33.1 Å². The lowest BCUT2D eigenvalue weighted by molar-refractivity contribution is -0.109. The molecule has 0 saturated carbocycles. The first-order chi connectivity index (χ1) is 6.72. The van der Waals surface area contributed by atoms with E-state index in [1.165, 1.54) is 5.57 Å². The molecule has 0 spiro atoms. The van der Waals surface area contributed by atoms with E-state index in [1.807, 2.05) is 6.08 Å². The Morgan fingerprint density at radius 3 is 3.00 bits per heavy atom. The van der Waals surface area contributed by atoms with Gasteiger partial charge in [0.2, 0.25) is 5.78 Å². The van der Waals surface area contributed by atoms with Crippen molar-refractivity contribution in [2.45, 2.75) is 33.1 Å². The Labute approximate surface area is 85.9 Å². The molecule has 0 radical (unpaired) electrons. The zero-order chi connectivity index (χ0) is 10.4. The summed E-state index contributed by atoms with van der Waals surface area (Å²) >= 11 is 0. The van der Waals surface area contributed by atoms with Crippen molar-refractivity contribution < 1.29 is 4.79 Å². The van der Waals surface area contributed by atoms with E-state index in [1.54, 1.807) is 13.0 Å². The number of hydrogen-bond acceptors (Lipinski definition) is 1. The van der Waals surface area contributed by atoms with Crippen LogP contribution in [-0.2, 0) is 4.79 Å². The van der Waals surface area contributed by atoms with E-state index in [0.717, 1.165) is 19.3 Å². The second-order valence-electron chi connectivity index (χ2n) is 3.68. The number of carbonyl (C=O) groups excluding carboxylic acids is 1. The van der Waals surface area contributed by atoms with Crippen LogP contribution in [0, 0.1) is 17.8 Å². The number of carbonyl (C=O) groups is 1. The normalized spacial score (nSPS) is 21.3. The van der Waals surface area contributed by atoms with Crippen LogP contribution in [0.3, 0.4) is 0 Å². The summed E-state index contributed by atoms with van der Waals surface area (Å²) in [7, 11) is 0. The number of allylic oxidation sites excluding steroid dienone is 4. The third kappa shape index (κ3) is 3.62. The third-order valence-electron chi connectivity index (χ3n) is 2.45. The van der Waals surface area contributed by atoms with Crippen molar-refractivity contribution in [3.8, 4) is 11.8 Å². The summed E-state index contributed by atoms with van der Waals surface area (Å²) in [5.74, 6) is 5.55. The van der Waals surface area contributed by atoms with Gasteiger partial charge in [-0.2, -0.15) is 0 Å². The Morgan fingerprint density at radius 1 is 1.64 bits per heavy atom. The standard InChI is InChI=1S/C13H16O/c1-3-4-13(14)10-9-12-7-5-11(2)6-8-12/h5,9-10,12H,6-8H2,1-2H3/b10-9-. The van der Waals surface area contributed by atoms with Gasteiger partial charge in [-0.15, -0.1) is 0 Å². The molecule has 0 heterocycles. The van der Waals surface area contributed by atoms with Crippen LogP contribution < -0.4 is 0 Å². The molecular weight excluding hydrogens is 172 g/mol. The molecule has 1 nitrogen and oxygen atoms in total. The Morgan fingerprint density at radius 2 is 2.43 bits per heavy atom. The molecule has 0 aromatic carbocycles. The molecule has 0 N–H and O–H groups in total. The maximum atomic E-state index is 11.1. The molecule has 0 aliphatic heterocycles. The average Bonchev–Trinajstić information content (AvgIpc) is 2.17. The van der Waals surface area contributed by atoms with Crippen LogP contribution in [0.15, 0.2) is 23.8 Å². The van der Waals surface area contributed by atoms with Crippen LogP contribution in [-0.4, -0.2) is 5.78 Å². The van der Waals surface area contributed by atoms with Crippen LogP contribution in [0.4, 0.5) is 0 Å². The summed E-state index contributed by atoms with van der Waals surface area (Å²) in [6.45, 7) is 3.84. The molecule has 1 rings (SSSR count).